The van der Waals surface area contributed by atoms with Crippen LogP contribution in [0.25, 0.3) is 11.0 Å². The quantitative estimate of drug-likeness (QED) is 0.0938. The number of hydrogen-bond acceptors (Lipinski definition) is 6. The molecule has 0 saturated carbocycles. The van der Waals surface area contributed by atoms with E-state index in [1.165, 1.54) is 18.5 Å². The maximum Gasteiger partial charge on any atom is 0.416 e. The van der Waals surface area contributed by atoms with E-state index in [0.717, 1.165) is 6.07 Å². The number of alkyl halides is 3. The molecule has 0 saturated heterocycles. The number of ketones is 1. The van der Waals surface area contributed by atoms with Crippen molar-refractivity contribution in [2.24, 2.45) is 5.73 Å². The standard InChI is InChI=1S/C29H26F5N5O5S/c30-21-9-10-22(39-45(43,44)18-7-5-17(6-8-18)29(32,33)34)26(31)25(21)27(42)20-15-38-28-19(20)13-16(14-37-28)4-11-24(41)36-12-2-1-3-23(35)40/h5-10,13-15,39H,1-4,11-12H2,(H2,35,40)(H,36,41)(H,37,38). The van der Waals surface area contributed by atoms with Gasteiger partial charge in [0.25, 0.3) is 10.0 Å². The smallest absolute Gasteiger partial charge is 0.370 e. The Morgan fingerprint density at radius 2 is 1.69 bits per heavy atom. The van der Waals surface area contributed by atoms with Crippen LogP contribution in [-0.4, -0.2) is 42.5 Å². The van der Waals surface area contributed by atoms with Crippen LogP contribution in [0.1, 0.15) is 52.7 Å². The number of anilines is 1. The summed E-state index contributed by atoms with van der Waals surface area (Å²) in [6, 6.07) is 5.35. The summed E-state index contributed by atoms with van der Waals surface area (Å²) in [5.74, 6) is -4.66. The van der Waals surface area contributed by atoms with E-state index in [1.54, 1.807) is 0 Å². The van der Waals surface area contributed by atoms with Gasteiger partial charge in [0.15, 0.2) is 5.82 Å². The second-order valence-corrected chi connectivity index (χ2v) is 11.6. The van der Waals surface area contributed by atoms with E-state index >= 15 is 4.39 Å². The monoisotopic (exact) mass is 651 g/mol. The summed E-state index contributed by atoms with van der Waals surface area (Å²) in [6.07, 6.45) is -0.450. The van der Waals surface area contributed by atoms with Crippen LogP contribution in [0.4, 0.5) is 27.6 Å². The van der Waals surface area contributed by atoms with Gasteiger partial charge in [0.1, 0.15) is 11.5 Å². The zero-order valence-corrected chi connectivity index (χ0v) is 24.1. The molecule has 0 unspecified atom stereocenters. The van der Waals surface area contributed by atoms with Crippen molar-refractivity contribution in [3.05, 3.63) is 88.7 Å². The molecule has 2 amide bonds. The molecule has 2 aromatic heterocycles. The number of fused-ring (bicyclic) bond motifs is 1. The molecule has 238 valence electrons. The molecule has 16 heteroatoms. The Morgan fingerprint density at radius 1 is 0.978 bits per heavy atom. The van der Waals surface area contributed by atoms with Crippen molar-refractivity contribution in [3.63, 3.8) is 0 Å². The minimum atomic E-state index is -4.71. The number of amides is 2. The Kier molecular flexibility index (Phi) is 9.85. The average Bonchev–Trinajstić information content (AvgIpc) is 3.40. The number of rotatable bonds is 13. The van der Waals surface area contributed by atoms with Gasteiger partial charge >= 0.3 is 6.18 Å². The number of nitrogens with one attached hydrogen (secondary N) is 3. The first-order valence-corrected chi connectivity index (χ1v) is 14.9. The van der Waals surface area contributed by atoms with Crippen LogP contribution in [0.15, 0.2) is 59.8 Å². The average molecular weight is 652 g/mol. The summed E-state index contributed by atoms with van der Waals surface area (Å²) < 4.78 is 96.2. The molecule has 0 fully saturated rings. The predicted octanol–water partition coefficient (Wildman–Crippen LogP) is 4.60. The van der Waals surface area contributed by atoms with E-state index in [1.807, 2.05) is 4.72 Å². The second kappa shape index (κ2) is 13.4. The van der Waals surface area contributed by atoms with E-state index in [0.29, 0.717) is 55.3 Å². The van der Waals surface area contributed by atoms with Crippen molar-refractivity contribution in [3.8, 4) is 0 Å². The third-order valence-corrected chi connectivity index (χ3v) is 8.08. The minimum absolute atomic E-state index is 0.0705. The lowest BCUT2D eigenvalue weighted by molar-refractivity contribution is -0.137. The Balaban J connectivity index is 1.51. The van der Waals surface area contributed by atoms with Gasteiger partial charge in [-0.1, -0.05) is 0 Å². The Hall–Kier alpha value is -4.86. The molecule has 0 spiro atoms. The molecule has 4 aromatic rings. The summed E-state index contributed by atoms with van der Waals surface area (Å²) in [5, 5.41) is 2.91. The summed E-state index contributed by atoms with van der Waals surface area (Å²) >= 11 is 0. The molecule has 0 aliphatic rings. The van der Waals surface area contributed by atoms with Gasteiger partial charge in [-0.15, -0.1) is 0 Å². The maximum absolute atomic E-state index is 15.5. The van der Waals surface area contributed by atoms with E-state index in [4.69, 9.17) is 5.73 Å². The highest BCUT2D eigenvalue weighted by Crippen LogP contribution is 2.31. The van der Waals surface area contributed by atoms with Crippen molar-refractivity contribution in [1.29, 1.82) is 0 Å². The highest BCUT2D eigenvalue weighted by Gasteiger charge is 2.31. The molecule has 0 radical (unpaired) electrons. The van der Waals surface area contributed by atoms with Gasteiger partial charge in [0.2, 0.25) is 17.6 Å². The molecule has 10 nitrogen and oxygen atoms in total. The topological polar surface area (TPSA) is 164 Å². The summed E-state index contributed by atoms with van der Waals surface area (Å²) in [4.78, 5) is 42.6. The maximum atomic E-state index is 15.5. The Bertz CT molecular complexity index is 1860. The van der Waals surface area contributed by atoms with Crippen LogP contribution in [0.2, 0.25) is 0 Å². The normalized spacial score (nSPS) is 11.8. The van der Waals surface area contributed by atoms with Crippen molar-refractivity contribution in [1.82, 2.24) is 15.3 Å². The number of carbonyl (C=O) groups is 3. The lowest BCUT2D eigenvalue weighted by Crippen LogP contribution is -2.25. The zero-order valence-electron chi connectivity index (χ0n) is 23.3. The molecule has 45 heavy (non-hydrogen) atoms. The number of nitrogens with zero attached hydrogens (tertiary/aromatic N) is 1. The van der Waals surface area contributed by atoms with Gasteiger partial charge in [0.05, 0.1) is 21.7 Å². The third kappa shape index (κ3) is 8.00. The number of hydrogen-bond donors (Lipinski definition) is 4. The van der Waals surface area contributed by atoms with Crippen LogP contribution >= 0.6 is 0 Å². The molecule has 4 rings (SSSR count). The van der Waals surface area contributed by atoms with E-state index < -0.39 is 61.2 Å². The van der Waals surface area contributed by atoms with Gasteiger partial charge in [-0.05, 0) is 67.3 Å². The Morgan fingerprint density at radius 3 is 2.36 bits per heavy atom. The van der Waals surface area contributed by atoms with Crippen LogP contribution in [0, 0.1) is 11.6 Å². The first-order valence-electron chi connectivity index (χ1n) is 13.4. The van der Waals surface area contributed by atoms with E-state index in [9.17, 15) is 40.4 Å². The third-order valence-electron chi connectivity index (χ3n) is 6.70. The van der Waals surface area contributed by atoms with Gasteiger partial charge in [-0.2, -0.15) is 13.2 Å². The van der Waals surface area contributed by atoms with Crippen LogP contribution in [0.5, 0.6) is 0 Å². The largest absolute Gasteiger partial charge is 0.416 e. The highest BCUT2D eigenvalue weighted by atomic mass is 32.2. The van der Waals surface area contributed by atoms with Crippen LogP contribution in [0.3, 0.4) is 0 Å². The number of aromatic amines is 1. The number of carbonyl (C=O) groups excluding carboxylic acids is 3. The SMILES string of the molecule is NC(=O)CCCCNC(=O)CCc1cnc2[nH]cc(C(=O)c3c(F)ccc(NS(=O)(=O)c4ccc(C(F)(F)F)cc4)c3F)c2c1. The van der Waals surface area contributed by atoms with Crippen molar-refractivity contribution in [2.75, 3.05) is 11.3 Å². The lowest BCUT2D eigenvalue weighted by atomic mass is 10.0. The molecule has 2 heterocycles. The Labute approximate surface area is 253 Å². The zero-order chi connectivity index (χ0) is 32.9. The predicted molar refractivity (Wildman–Crippen MR) is 153 cm³/mol. The second-order valence-electron chi connectivity index (χ2n) is 9.96. The minimum Gasteiger partial charge on any atom is -0.370 e. The summed E-state index contributed by atoms with van der Waals surface area (Å²) in [7, 11) is -4.63. The van der Waals surface area contributed by atoms with Crippen molar-refractivity contribution < 1.29 is 44.8 Å². The molecule has 5 N–H and O–H groups in total. The van der Waals surface area contributed by atoms with Gasteiger partial charge in [0, 0.05) is 42.7 Å². The molecule has 0 atom stereocenters. The molecule has 0 aliphatic heterocycles. The number of halogens is 5. The fraction of sp³-hybridized carbons (Fsp3) is 0.241. The number of H-pyrrole nitrogens is 1. The summed E-state index contributed by atoms with van der Waals surface area (Å²) in [5.41, 5.74) is 2.66. The number of aryl methyl sites for hydroxylation is 1. The number of nitrogens with two attached hydrogens (primary N) is 1. The highest BCUT2D eigenvalue weighted by molar-refractivity contribution is 7.92. The fourth-order valence-electron chi connectivity index (χ4n) is 4.37. The molecular formula is C29H26F5N5O5S. The fourth-order valence-corrected chi connectivity index (χ4v) is 5.43. The lowest BCUT2D eigenvalue weighted by Gasteiger charge is -2.13. The number of aromatic nitrogens is 2. The van der Waals surface area contributed by atoms with Gasteiger partial charge < -0.3 is 16.0 Å². The molecule has 0 bridgehead atoms. The number of benzene rings is 2. The first-order chi connectivity index (χ1) is 21.2. The number of unbranched alkanes of at least 4 members (excludes halogenated alkanes) is 1. The van der Waals surface area contributed by atoms with Gasteiger partial charge in [-0.25, -0.2) is 22.2 Å². The molecule has 0 aliphatic carbocycles. The number of sulfonamides is 1. The number of pyridine rings is 1. The first kappa shape index (κ1) is 33.0. The van der Waals surface area contributed by atoms with Crippen molar-refractivity contribution in [2.45, 2.75) is 43.2 Å². The van der Waals surface area contributed by atoms with Gasteiger partial charge in [-0.3, -0.25) is 19.1 Å². The molecular weight excluding hydrogens is 625 g/mol. The van der Waals surface area contributed by atoms with Crippen LogP contribution < -0.4 is 15.8 Å². The van der Waals surface area contributed by atoms with Crippen molar-refractivity contribution >= 4 is 44.3 Å². The summed E-state index contributed by atoms with van der Waals surface area (Å²) in [6.45, 7) is 0.358. The van der Waals surface area contributed by atoms with E-state index in [2.05, 4.69) is 15.3 Å². The van der Waals surface area contributed by atoms with Crippen LogP contribution in [-0.2, 0) is 32.2 Å². The molecule has 2 aromatic carbocycles. The number of primary amides is 1. The van der Waals surface area contributed by atoms with E-state index in [-0.39, 0.29) is 41.8 Å².